The lowest BCUT2D eigenvalue weighted by Crippen LogP contribution is -2.58. The third-order valence-electron chi connectivity index (χ3n) is 13.4. The maximum Gasteiger partial charge on any atom is 0.246 e. The van der Waals surface area contributed by atoms with Gasteiger partial charge in [-0.3, -0.25) is 19.3 Å². The normalized spacial score (nSPS) is 19.7. The van der Waals surface area contributed by atoms with Crippen LogP contribution >= 0.6 is 11.3 Å². The molecule has 1 aliphatic carbocycles. The first-order valence-electron chi connectivity index (χ1n) is 24.9. The first-order chi connectivity index (χ1) is 33.8. The molecule has 3 aliphatic rings. The van der Waals surface area contributed by atoms with E-state index in [0.717, 1.165) is 56.8 Å². The molecule has 0 spiro atoms. The zero-order chi connectivity index (χ0) is 51.0. The highest BCUT2D eigenvalue weighted by molar-refractivity contribution is 7.13. The standard InChI is InChI=1S/C55H70F3N5O7S/c1-34-24-42-41-15-10-9-14-38(41)25-43(42)49(63(34)32-55(6,7)58)48-44(56)27-40(28-45(48)57)70-23-12-8-11-20-68-21-13-22-69-31-47(65)61-51(54(3,4)5)53(67)62-30-39(64)26-46(62)52(66)59-29-36-16-18-37(19-17-36)50-35(2)60-33-71-50/h9-10,14-19,27-28,33-34,39,46,49,51,64H,8,11-13,20-26,29-32H2,1-7H3,(H,59,66)(H,61,65)/t34-,39-,46+,49+,51-/m1/s1. The quantitative estimate of drug-likeness (QED) is 0.0658. The molecule has 0 unspecified atom stereocenters. The number of aromatic nitrogens is 1. The van der Waals surface area contributed by atoms with Gasteiger partial charge in [-0.2, -0.15) is 0 Å². The molecular formula is C55H70F3N5O7S. The van der Waals surface area contributed by atoms with E-state index >= 15 is 13.2 Å². The number of carbonyl (C=O) groups excluding carboxylic acids is 3. The van der Waals surface area contributed by atoms with Crippen molar-refractivity contribution in [3.05, 3.63) is 111 Å². The maximum absolute atomic E-state index is 16.1. The van der Waals surface area contributed by atoms with Crippen molar-refractivity contribution in [3.63, 3.8) is 0 Å². The largest absolute Gasteiger partial charge is 0.493 e. The number of halogens is 3. The Hall–Kier alpha value is -5.13. The maximum atomic E-state index is 16.1. The number of nitrogens with one attached hydrogen (secondary N) is 2. The molecule has 0 bridgehead atoms. The summed E-state index contributed by atoms with van der Waals surface area (Å²) in [5, 5.41) is 16.3. The first-order valence-corrected chi connectivity index (χ1v) is 25.7. The van der Waals surface area contributed by atoms with Crippen molar-refractivity contribution in [2.24, 2.45) is 5.41 Å². The molecule has 384 valence electrons. The summed E-state index contributed by atoms with van der Waals surface area (Å²) in [6.07, 6.45) is 3.15. The van der Waals surface area contributed by atoms with Crippen molar-refractivity contribution in [1.82, 2.24) is 25.4 Å². The van der Waals surface area contributed by atoms with E-state index in [1.807, 2.05) is 82.0 Å². The van der Waals surface area contributed by atoms with Gasteiger partial charge in [-0.15, -0.1) is 11.3 Å². The summed E-state index contributed by atoms with van der Waals surface area (Å²) in [6.45, 7) is 13.8. The Kier molecular flexibility index (Phi) is 17.8. The number of unbranched alkanes of at least 4 members (excludes halogenated alkanes) is 2. The third kappa shape index (κ3) is 13.7. The SMILES string of the molecule is Cc1ncsc1-c1ccc(CNC(=O)[C@@H]2C[C@@H](O)CN2C(=O)[C@@H](NC(=O)COCCCOCCCCCOc2cc(F)c([C@@H]3C4=C(C[C@@H](C)N3CC(C)(C)F)c3ccccc3C4)c(F)c2)C(C)(C)C)cc1. The molecule has 4 aromatic rings. The Morgan fingerprint density at radius 1 is 0.930 bits per heavy atom. The summed E-state index contributed by atoms with van der Waals surface area (Å²) < 4.78 is 64.4. The number of hydrogen-bond acceptors (Lipinski definition) is 10. The molecule has 0 saturated carbocycles. The second-order valence-corrected chi connectivity index (χ2v) is 21.7. The number of alkyl halides is 1. The summed E-state index contributed by atoms with van der Waals surface area (Å²) in [6, 6.07) is 15.6. The number of carbonyl (C=O) groups is 3. The van der Waals surface area contributed by atoms with E-state index in [4.69, 9.17) is 14.2 Å². The first kappa shape index (κ1) is 53.7. The van der Waals surface area contributed by atoms with Gasteiger partial charge in [0, 0.05) is 69.6 Å². The molecule has 16 heteroatoms. The zero-order valence-corrected chi connectivity index (χ0v) is 42.9. The number of rotatable bonds is 22. The average Bonchev–Trinajstić information content (AvgIpc) is 4.03. The summed E-state index contributed by atoms with van der Waals surface area (Å²) >= 11 is 1.57. The van der Waals surface area contributed by atoms with E-state index in [1.165, 1.54) is 30.9 Å². The molecular weight excluding hydrogens is 932 g/mol. The monoisotopic (exact) mass is 1000 g/mol. The molecule has 1 saturated heterocycles. The number of hydrogen-bond donors (Lipinski definition) is 3. The number of ether oxygens (including phenoxy) is 3. The van der Waals surface area contributed by atoms with Crippen LogP contribution in [0.4, 0.5) is 13.2 Å². The van der Waals surface area contributed by atoms with Crippen LogP contribution in [-0.4, -0.2) is 114 Å². The van der Waals surface area contributed by atoms with Crippen LogP contribution in [0.25, 0.3) is 16.0 Å². The van der Waals surface area contributed by atoms with Gasteiger partial charge in [0.1, 0.15) is 41.7 Å². The molecule has 2 aliphatic heterocycles. The van der Waals surface area contributed by atoms with E-state index in [1.54, 1.807) is 16.8 Å². The highest BCUT2D eigenvalue weighted by Crippen LogP contribution is 2.50. The number of aliphatic hydroxyl groups excluding tert-OH is 1. The molecule has 1 aromatic heterocycles. The van der Waals surface area contributed by atoms with Crippen molar-refractivity contribution in [3.8, 4) is 16.2 Å². The lowest BCUT2D eigenvalue weighted by Gasteiger charge is -2.44. The summed E-state index contributed by atoms with van der Waals surface area (Å²) in [5.74, 6) is -2.62. The molecule has 7 rings (SSSR count). The Bertz CT molecular complexity index is 2500. The van der Waals surface area contributed by atoms with Crippen molar-refractivity contribution >= 4 is 34.6 Å². The lowest BCUT2D eigenvalue weighted by molar-refractivity contribution is -0.144. The van der Waals surface area contributed by atoms with E-state index in [9.17, 15) is 19.5 Å². The zero-order valence-electron chi connectivity index (χ0n) is 42.1. The highest BCUT2D eigenvalue weighted by atomic mass is 32.1. The Morgan fingerprint density at radius 2 is 1.62 bits per heavy atom. The minimum Gasteiger partial charge on any atom is -0.493 e. The van der Waals surface area contributed by atoms with Crippen LogP contribution in [0.3, 0.4) is 0 Å². The van der Waals surface area contributed by atoms with Crippen molar-refractivity contribution in [2.75, 3.05) is 46.1 Å². The Morgan fingerprint density at radius 3 is 2.31 bits per heavy atom. The number of aliphatic hydroxyl groups is 1. The van der Waals surface area contributed by atoms with Gasteiger partial charge >= 0.3 is 0 Å². The Balaban J connectivity index is 0.788. The number of β-amino-alcohol motifs (C(OH)–C–C–N with tert-alkyl or cyclic N) is 1. The summed E-state index contributed by atoms with van der Waals surface area (Å²) in [4.78, 5) is 49.1. The fraction of sp³-hybridized carbons (Fsp3) is 0.527. The summed E-state index contributed by atoms with van der Waals surface area (Å²) in [5.41, 5.74) is 6.59. The minimum atomic E-state index is -1.57. The van der Waals surface area contributed by atoms with Crippen LogP contribution in [0.15, 0.2) is 71.7 Å². The number of fused-ring (bicyclic) bond motifs is 2. The van der Waals surface area contributed by atoms with Crippen LogP contribution in [0.2, 0.25) is 0 Å². The van der Waals surface area contributed by atoms with Crippen LogP contribution in [0.1, 0.15) is 114 Å². The van der Waals surface area contributed by atoms with E-state index in [-0.39, 0.29) is 69.1 Å². The molecule has 71 heavy (non-hydrogen) atoms. The second kappa shape index (κ2) is 23.6. The van der Waals surface area contributed by atoms with Gasteiger partial charge < -0.3 is 34.9 Å². The summed E-state index contributed by atoms with van der Waals surface area (Å²) in [7, 11) is 0. The van der Waals surface area contributed by atoms with E-state index in [2.05, 4.69) is 21.7 Å². The lowest BCUT2D eigenvalue weighted by atomic mass is 9.84. The molecule has 12 nitrogen and oxygen atoms in total. The van der Waals surface area contributed by atoms with Gasteiger partial charge in [-0.1, -0.05) is 69.3 Å². The smallest absolute Gasteiger partial charge is 0.246 e. The molecule has 3 heterocycles. The van der Waals surface area contributed by atoms with Crippen molar-refractivity contribution in [1.29, 1.82) is 0 Å². The second-order valence-electron chi connectivity index (χ2n) is 20.9. The number of nitrogens with zero attached hydrogens (tertiary/aromatic N) is 3. The molecule has 3 N–H and O–H groups in total. The Labute approximate surface area is 420 Å². The predicted molar refractivity (Wildman–Crippen MR) is 269 cm³/mol. The minimum absolute atomic E-state index is 0.0252. The highest BCUT2D eigenvalue weighted by Gasteiger charge is 2.45. The number of aryl methyl sites for hydroxylation is 1. The molecule has 0 radical (unpaired) electrons. The van der Waals surface area contributed by atoms with E-state index < -0.39 is 58.8 Å². The van der Waals surface area contributed by atoms with E-state index in [0.29, 0.717) is 38.9 Å². The van der Waals surface area contributed by atoms with Gasteiger partial charge in [0.25, 0.3) is 0 Å². The molecule has 3 amide bonds. The molecule has 1 fully saturated rings. The van der Waals surface area contributed by atoms with Crippen LogP contribution < -0.4 is 15.4 Å². The average molecular weight is 1000 g/mol. The van der Waals surface area contributed by atoms with Gasteiger partial charge in [0.05, 0.1) is 34.8 Å². The number of likely N-dealkylation sites (tertiary alicyclic amines) is 1. The fourth-order valence-corrected chi connectivity index (χ4v) is 10.7. The van der Waals surface area contributed by atoms with Gasteiger partial charge in [-0.05, 0) is 105 Å². The van der Waals surface area contributed by atoms with Crippen LogP contribution in [0.5, 0.6) is 5.75 Å². The van der Waals surface area contributed by atoms with Crippen LogP contribution in [0, 0.1) is 24.0 Å². The number of benzene rings is 3. The van der Waals surface area contributed by atoms with Gasteiger partial charge in [0.15, 0.2) is 0 Å². The van der Waals surface area contributed by atoms with Gasteiger partial charge in [0.2, 0.25) is 17.7 Å². The molecule has 3 aromatic carbocycles. The number of thiazole rings is 1. The topological polar surface area (TPSA) is 143 Å². The van der Waals surface area contributed by atoms with Crippen molar-refractivity contribution < 1.29 is 46.9 Å². The third-order valence-corrected chi connectivity index (χ3v) is 14.4. The van der Waals surface area contributed by atoms with Crippen LogP contribution in [-0.2, 0) is 36.8 Å². The molecule has 5 atom stereocenters. The fourth-order valence-electron chi connectivity index (χ4n) is 9.94. The number of amides is 3. The van der Waals surface area contributed by atoms with Gasteiger partial charge in [-0.25, -0.2) is 18.2 Å². The predicted octanol–water partition coefficient (Wildman–Crippen LogP) is 9.07. The van der Waals surface area contributed by atoms with Crippen molar-refractivity contribution in [2.45, 2.75) is 136 Å².